The van der Waals surface area contributed by atoms with Crippen LogP contribution in [0.2, 0.25) is 0 Å². The molecule has 0 spiro atoms. The zero-order chi connectivity index (χ0) is 16.4. The molecule has 4 nitrogen and oxygen atoms in total. The third kappa shape index (κ3) is 4.11. The maximum Gasteiger partial charge on any atom is 0.222 e. The quantitative estimate of drug-likeness (QED) is 0.860. The second-order valence-corrected chi connectivity index (χ2v) is 8.33. The molecule has 1 aliphatic rings. The topological polar surface area (TPSA) is 59.2 Å². The Balaban J connectivity index is 1.54. The van der Waals surface area contributed by atoms with Crippen LogP contribution in [0.3, 0.4) is 0 Å². The van der Waals surface area contributed by atoms with Crippen LogP contribution < -0.4 is 5.73 Å². The summed E-state index contributed by atoms with van der Waals surface area (Å²) in [5.41, 5.74) is 6.96. The summed E-state index contributed by atoms with van der Waals surface area (Å²) in [4.78, 5) is 19.0. The van der Waals surface area contributed by atoms with Crippen molar-refractivity contribution in [2.24, 2.45) is 11.7 Å². The molecule has 1 aromatic heterocycles. The number of aryl methyl sites for hydroxylation is 1. The van der Waals surface area contributed by atoms with Crippen molar-refractivity contribution in [2.75, 3.05) is 13.1 Å². The Kier molecular flexibility index (Phi) is 5.34. The summed E-state index contributed by atoms with van der Waals surface area (Å²) >= 11 is 5.15. The molecule has 0 radical (unpaired) electrons. The molecule has 2 N–H and O–H groups in total. The van der Waals surface area contributed by atoms with Crippen LogP contribution >= 0.6 is 27.3 Å². The van der Waals surface area contributed by atoms with Gasteiger partial charge in [-0.25, -0.2) is 4.98 Å². The number of amides is 1. The summed E-state index contributed by atoms with van der Waals surface area (Å²) < 4.78 is 2.21. The van der Waals surface area contributed by atoms with Crippen LogP contribution in [-0.2, 0) is 11.2 Å². The summed E-state index contributed by atoms with van der Waals surface area (Å²) in [7, 11) is 0. The molecule has 23 heavy (non-hydrogen) atoms. The van der Waals surface area contributed by atoms with Gasteiger partial charge in [-0.1, -0.05) is 15.9 Å². The van der Waals surface area contributed by atoms with Gasteiger partial charge in [0, 0.05) is 36.4 Å². The zero-order valence-electron chi connectivity index (χ0n) is 13.3. The zero-order valence-corrected chi connectivity index (χ0v) is 15.7. The number of hydrogen-bond donors (Lipinski definition) is 1. The van der Waals surface area contributed by atoms with Gasteiger partial charge in [-0.05, 0) is 43.9 Å². The highest BCUT2D eigenvalue weighted by molar-refractivity contribution is 9.10. The molecule has 1 unspecified atom stereocenters. The average Bonchev–Trinajstić information content (AvgIpc) is 2.94. The van der Waals surface area contributed by atoms with Crippen LogP contribution in [0.5, 0.6) is 0 Å². The first-order chi connectivity index (χ1) is 11.0. The number of fused-ring (bicyclic) bond motifs is 1. The van der Waals surface area contributed by atoms with Crippen molar-refractivity contribution < 1.29 is 4.79 Å². The molecule has 2 heterocycles. The lowest BCUT2D eigenvalue weighted by atomic mass is 9.91. The van der Waals surface area contributed by atoms with Crippen molar-refractivity contribution in [3.8, 4) is 0 Å². The van der Waals surface area contributed by atoms with E-state index >= 15 is 0 Å². The number of likely N-dealkylation sites (tertiary alicyclic amines) is 1. The molecule has 124 valence electrons. The van der Waals surface area contributed by atoms with Gasteiger partial charge in [0.05, 0.1) is 15.2 Å². The van der Waals surface area contributed by atoms with Crippen molar-refractivity contribution in [1.29, 1.82) is 0 Å². The molecule has 1 fully saturated rings. The predicted molar refractivity (Wildman–Crippen MR) is 98.6 cm³/mol. The minimum absolute atomic E-state index is 0.231. The SMILES string of the molecule is CC(N)C1CCN(C(=O)CCc2nc3cc(Br)ccc3s2)CC1. The molecule has 1 aliphatic heterocycles. The highest BCUT2D eigenvalue weighted by Crippen LogP contribution is 2.26. The molecular weight excluding hydrogens is 374 g/mol. The average molecular weight is 396 g/mol. The van der Waals surface area contributed by atoms with Crippen LogP contribution in [0.1, 0.15) is 31.2 Å². The number of piperidine rings is 1. The number of nitrogens with two attached hydrogens (primary N) is 1. The van der Waals surface area contributed by atoms with Crippen molar-refractivity contribution in [3.05, 3.63) is 27.7 Å². The van der Waals surface area contributed by atoms with Crippen molar-refractivity contribution in [1.82, 2.24) is 9.88 Å². The lowest BCUT2D eigenvalue weighted by molar-refractivity contribution is -0.132. The highest BCUT2D eigenvalue weighted by Gasteiger charge is 2.24. The van der Waals surface area contributed by atoms with Crippen molar-refractivity contribution >= 4 is 43.4 Å². The number of carbonyl (C=O) groups is 1. The van der Waals surface area contributed by atoms with Gasteiger partial charge in [-0.2, -0.15) is 0 Å². The minimum Gasteiger partial charge on any atom is -0.343 e. The first kappa shape index (κ1) is 16.9. The number of halogens is 1. The Morgan fingerprint density at radius 2 is 2.22 bits per heavy atom. The van der Waals surface area contributed by atoms with Gasteiger partial charge in [0.2, 0.25) is 5.91 Å². The van der Waals surface area contributed by atoms with Crippen LogP contribution in [0, 0.1) is 5.92 Å². The number of aromatic nitrogens is 1. The van der Waals surface area contributed by atoms with E-state index in [0.29, 0.717) is 12.3 Å². The van der Waals surface area contributed by atoms with Gasteiger partial charge >= 0.3 is 0 Å². The number of hydrogen-bond acceptors (Lipinski definition) is 4. The Hall–Kier alpha value is -0.980. The fourth-order valence-electron chi connectivity index (χ4n) is 3.10. The fraction of sp³-hybridized carbons (Fsp3) is 0.529. The van der Waals surface area contributed by atoms with Crippen LogP contribution in [0.4, 0.5) is 0 Å². The second-order valence-electron chi connectivity index (χ2n) is 6.30. The lowest BCUT2D eigenvalue weighted by Gasteiger charge is -2.33. The molecule has 6 heteroatoms. The van der Waals surface area contributed by atoms with E-state index in [1.54, 1.807) is 11.3 Å². The van der Waals surface area contributed by atoms with E-state index in [1.165, 1.54) is 4.70 Å². The van der Waals surface area contributed by atoms with Crippen molar-refractivity contribution in [2.45, 2.75) is 38.6 Å². The second kappa shape index (κ2) is 7.28. The minimum atomic E-state index is 0.231. The van der Waals surface area contributed by atoms with E-state index in [-0.39, 0.29) is 11.9 Å². The number of rotatable bonds is 4. The van der Waals surface area contributed by atoms with Gasteiger partial charge in [-0.3, -0.25) is 4.79 Å². The monoisotopic (exact) mass is 395 g/mol. The number of thiazole rings is 1. The lowest BCUT2D eigenvalue weighted by Crippen LogP contribution is -2.42. The van der Waals surface area contributed by atoms with E-state index in [2.05, 4.69) is 33.9 Å². The molecule has 0 aliphatic carbocycles. The smallest absolute Gasteiger partial charge is 0.222 e. The Labute approximate surface area is 149 Å². The predicted octanol–water partition coefficient (Wildman–Crippen LogP) is 3.58. The Bertz CT molecular complexity index is 692. The summed E-state index contributed by atoms with van der Waals surface area (Å²) in [6.07, 6.45) is 3.32. The summed E-state index contributed by atoms with van der Waals surface area (Å²) in [5.74, 6) is 0.801. The number of benzene rings is 1. The van der Waals surface area contributed by atoms with Gasteiger partial charge in [-0.15, -0.1) is 11.3 Å². The number of carbonyl (C=O) groups excluding carboxylic acids is 1. The van der Waals surface area contributed by atoms with Gasteiger partial charge in [0.1, 0.15) is 0 Å². The molecule has 1 aromatic carbocycles. The van der Waals surface area contributed by atoms with E-state index in [0.717, 1.165) is 47.3 Å². The third-order valence-electron chi connectivity index (χ3n) is 4.58. The van der Waals surface area contributed by atoms with Crippen LogP contribution in [0.15, 0.2) is 22.7 Å². The van der Waals surface area contributed by atoms with E-state index in [9.17, 15) is 4.79 Å². The molecule has 0 bridgehead atoms. The van der Waals surface area contributed by atoms with Gasteiger partial charge in [0.15, 0.2) is 0 Å². The molecule has 3 rings (SSSR count). The molecule has 1 saturated heterocycles. The van der Waals surface area contributed by atoms with E-state index in [1.807, 2.05) is 17.0 Å². The molecule has 0 saturated carbocycles. The normalized spacial score (nSPS) is 17.6. The standard InChI is InChI=1S/C17H22BrN3OS/c1-11(19)12-6-8-21(9-7-12)17(22)5-4-16-20-14-10-13(18)2-3-15(14)23-16/h2-3,10-12H,4-9,19H2,1H3. The van der Waals surface area contributed by atoms with Crippen LogP contribution in [0.25, 0.3) is 10.2 Å². The Morgan fingerprint density at radius 1 is 1.48 bits per heavy atom. The maximum atomic E-state index is 12.4. The van der Waals surface area contributed by atoms with E-state index < -0.39 is 0 Å². The maximum absolute atomic E-state index is 12.4. The summed E-state index contributed by atoms with van der Waals surface area (Å²) in [6, 6.07) is 6.35. The molecule has 1 amide bonds. The van der Waals surface area contributed by atoms with Gasteiger partial charge in [0.25, 0.3) is 0 Å². The summed E-state index contributed by atoms with van der Waals surface area (Å²) in [6.45, 7) is 3.75. The fourth-order valence-corrected chi connectivity index (χ4v) is 4.40. The first-order valence-electron chi connectivity index (χ1n) is 8.11. The highest BCUT2D eigenvalue weighted by atomic mass is 79.9. The summed E-state index contributed by atoms with van der Waals surface area (Å²) in [5, 5.41) is 1.04. The Morgan fingerprint density at radius 3 is 2.91 bits per heavy atom. The molecule has 2 aromatic rings. The molecule has 1 atom stereocenters. The van der Waals surface area contributed by atoms with E-state index in [4.69, 9.17) is 5.73 Å². The number of nitrogens with zero attached hydrogens (tertiary/aromatic N) is 2. The van der Waals surface area contributed by atoms with Crippen LogP contribution in [-0.4, -0.2) is 34.9 Å². The largest absolute Gasteiger partial charge is 0.343 e. The molecular formula is C17H22BrN3OS. The van der Waals surface area contributed by atoms with Gasteiger partial charge < -0.3 is 10.6 Å². The third-order valence-corrected chi connectivity index (χ3v) is 6.17. The van der Waals surface area contributed by atoms with Crippen molar-refractivity contribution in [3.63, 3.8) is 0 Å². The first-order valence-corrected chi connectivity index (χ1v) is 9.72.